The molecule has 0 bridgehead atoms. The number of nitrogens with one attached hydrogen (secondary N) is 1. The van der Waals surface area contributed by atoms with Crippen LogP contribution in [0.4, 0.5) is 0 Å². The maximum atomic E-state index is 12.4. The lowest BCUT2D eigenvalue weighted by Gasteiger charge is -2.21. The summed E-state index contributed by atoms with van der Waals surface area (Å²) >= 11 is 0. The average molecular weight is 1210 g/mol. The van der Waals surface area contributed by atoms with E-state index >= 15 is 0 Å². The molecule has 0 aromatic carbocycles. The summed E-state index contributed by atoms with van der Waals surface area (Å²) in [5, 5.41) is 53.6. The van der Waals surface area contributed by atoms with E-state index in [0.29, 0.717) is 58.1 Å². The smallest absolute Gasteiger partial charge is 0.429 e. The van der Waals surface area contributed by atoms with Gasteiger partial charge >= 0.3 is 38.9 Å². The predicted octanol–water partition coefficient (Wildman–Crippen LogP) is 0.382. The van der Waals surface area contributed by atoms with Crippen molar-refractivity contribution in [2.24, 2.45) is 0 Å². The van der Waals surface area contributed by atoms with Crippen LogP contribution in [0.1, 0.15) is 6.42 Å². The Morgan fingerprint density at radius 1 is 0.432 bits per heavy atom. The summed E-state index contributed by atoms with van der Waals surface area (Å²) in [5.74, 6) is 0. The Balaban J connectivity index is 4.15. The maximum absolute atomic E-state index is 12.4. The molecule has 42 nitrogen and oxygen atoms in total. The summed E-state index contributed by atoms with van der Waals surface area (Å²) in [7, 11) is -22.0. The van der Waals surface area contributed by atoms with Crippen LogP contribution in [-0.2, 0) is 167 Å². The number of ether oxygens (including phenoxy) is 6. The third kappa shape index (κ3) is 53.9. The van der Waals surface area contributed by atoms with Gasteiger partial charge < -0.3 is 71.9 Å². The van der Waals surface area contributed by atoms with Gasteiger partial charge in [0.1, 0.15) is 25.7 Å². The van der Waals surface area contributed by atoms with Crippen molar-refractivity contribution < 1.29 is 197 Å². The van der Waals surface area contributed by atoms with Gasteiger partial charge in [-0.2, -0.15) is 0 Å². The molecule has 0 aliphatic rings. The fourth-order valence-corrected chi connectivity index (χ4v) is 5.99. The molecule has 0 aromatic rings. The quantitative estimate of drug-likeness (QED) is 0.0108. The summed E-state index contributed by atoms with van der Waals surface area (Å²) < 4.78 is 130. The minimum absolute atomic E-state index is 0.0258. The second kappa shape index (κ2) is 47.5. The summed E-state index contributed by atoms with van der Waals surface area (Å²) in [4.78, 5) is 64.8. The molecule has 6 atom stereocenters. The van der Waals surface area contributed by atoms with Crippen molar-refractivity contribution in [3.05, 3.63) is 25.0 Å². The van der Waals surface area contributed by atoms with E-state index < -0.39 is 84.6 Å². The first-order valence-corrected chi connectivity index (χ1v) is 27.9. The van der Waals surface area contributed by atoms with Gasteiger partial charge in [-0.05, 0) is 48.7 Å². The zero-order chi connectivity index (χ0) is 55.0. The Labute approximate surface area is 417 Å². The van der Waals surface area contributed by atoms with E-state index in [1.807, 2.05) is 0 Å². The van der Waals surface area contributed by atoms with Crippen LogP contribution in [0.3, 0.4) is 0 Å². The monoisotopic (exact) mass is 1210 g/mol. The second-order valence-electron chi connectivity index (χ2n) is 11.7. The van der Waals surface area contributed by atoms with Gasteiger partial charge in [0.05, 0.1) is 119 Å². The number of aliphatic hydroxyl groups is 1. The van der Waals surface area contributed by atoms with Crippen LogP contribution in [0.5, 0.6) is 0 Å². The van der Waals surface area contributed by atoms with Crippen LogP contribution in [-0.4, -0.2) is 175 Å². The lowest BCUT2D eigenvalue weighted by molar-refractivity contribution is -0.775. The molecule has 0 aromatic heterocycles. The normalized spacial score (nSPS) is 16.6. The molecule has 0 fully saturated rings. The first-order chi connectivity index (χ1) is 35.3. The van der Waals surface area contributed by atoms with Crippen molar-refractivity contribution in [2.75, 3.05) is 139 Å². The van der Waals surface area contributed by atoms with E-state index in [9.17, 15) is 42.4 Å². The molecular weight excluding hydrogens is 1150 g/mol. The standard InChI is InChI=1S/C27H58NO41P5/c1-28-26-45-5-3-27(56-72(34,35)53-24-19-49-60-62-59-48-18-23-52-71(32,33)51-22-17-47-58-61-57-46-16-21-50-70(2,30)31)25-55-74(38,39)69-67-65-63-64-66-68-73(36,37)54-20-15-44-14-13-43-12-11-42-10-9-41-8-7-40-6-4-29/h16,18,21,23,27-29H,3-15,17,19-20,22,24-26H2,1-2H3,(H,30,31)(H,32,33)(H,34,35)(H,36,37)(H,38,39)/b21-16+,23-18-. The van der Waals surface area contributed by atoms with Gasteiger partial charge in [0.25, 0.3) is 0 Å². The maximum Gasteiger partial charge on any atom is 0.527 e. The molecule has 0 amide bonds. The van der Waals surface area contributed by atoms with Crippen molar-refractivity contribution >= 4 is 38.9 Å². The SMILES string of the molecule is CNCOCCC(COP(=O)(O)OOOOOOOP(=O)(O)OCCOCCOCCOCCOCCOCCO)OP(=O)(O)OCCOOOOO/C=C\OP(=O)(O)OCCOOOOO/C=C/OP(C)(=O)O. The van der Waals surface area contributed by atoms with E-state index in [1.165, 1.54) is 0 Å². The molecular formula is C27H58NO41P5. The fourth-order valence-electron chi connectivity index (χ4n) is 3.28. The average Bonchev–Trinajstić information content (AvgIpc) is 3.33. The molecule has 0 aliphatic carbocycles. The number of phosphoric ester groups is 4. The number of rotatable bonds is 58. The van der Waals surface area contributed by atoms with Gasteiger partial charge in [0.15, 0.2) is 12.5 Å². The fraction of sp³-hybridized carbons (Fsp3) is 0.852. The van der Waals surface area contributed by atoms with E-state index in [2.05, 4.69) is 117 Å². The number of aliphatic hydroxyl groups excluding tert-OH is 1. The Morgan fingerprint density at radius 2 is 0.851 bits per heavy atom. The zero-order valence-electron chi connectivity index (χ0n) is 38.7. The van der Waals surface area contributed by atoms with Crippen molar-refractivity contribution in [1.29, 1.82) is 0 Å². The molecule has 0 spiro atoms. The molecule has 0 saturated heterocycles. The third-order valence-electron chi connectivity index (χ3n) is 5.90. The van der Waals surface area contributed by atoms with Gasteiger partial charge in [-0.25, -0.2) is 32.6 Å². The van der Waals surface area contributed by atoms with Gasteiger partial charge in [-0.1, -0.05) is 9.35 Å². The van der Waals surface area contributed by atoms with Crippen molar-refractivity contribution in [1.82, 2.24) is 5.32 Å². The Morgan fingerprint density at radius 3 is 1.35 bits per heavy atom. The minimum Gasteiger partial charge on any atom is -0.429 e. The zero-order valence-corrected chi connectivity index (χ0v) is 43.2. The van der Waals surface area contributed by atoms with E-state index in [1.54, 1.807) is 7.05 Å². The molecule has 442 valence electrons. The Kier molecular flexibility index (Phi) is 46.5. The molecule has 47 heteroatoms. The van der Waals surface area contributed by atoms with Gasteiger partial charge in [-0.3, -0.25) is 32.8 Å². The highest BCUT2D eigenvalue weighted by Gasteiger charge is 2.32. The summed E-state index contributed by atoms with van der Waals surface area (Å²) in [5.41, 5.74) is 0. The van der Waals surface area contributed by atoms with E-state index in [4.69, 9.17) is 42.9 Å². The molecule has 0 rings (SSSR count). The van der Waals surface area contributed by atoms with Gasteiger partial charge in [-0.15, -0.1) is 0 Å². The van der Waals surface area contributed by atoms with Crippen molar-refractivity contribution in [2.45, 2.75) is 12.5 Å². The van der Waals surface area contributed by atoms with Crippen LogP contribution >= 0.6 is 38.9 Å². The molecule has 74 heavy (non-hydrogen) atoms. The van der Waals surface area contributed by atoms with Gasteiger partial charge in [0, 0.05) is 26.8 Å². The highest BCUT2D eigenvalue weighted by molar-refractivity contribution is 7.52. The third-order valence-corrected chi connectivity index (χ3v) is 9.87. The van der Waals surface area contributed by atoms with Crippen LogP contribution in [0.15, 0.2) is 25.0 Å². The van der Waals surface area contributed by atoms with Crippen LogP contribution in [0.2, 0.25) is 0 Å². The number of hydrogen-bond donors (Lipinski definition) is 7. The first kappa shape index (κ1) is 72.5. The Hall–Kier alpha value is -1.49. The van der Waals surface area contributed by atoms with Crippen LogP contribution < -0.4 is 5.32 Å². The van der Waals surface area contributed by atoms with E-state index in [-0.39, 0.29) is 59.4 Å². The second-order valence-corrected chi connectivity index (χ2v) is 19.0. The minimum atomic E-state index is -5.23. The first-order valence-electron chi connectivity index (χ1n) is 19.9. The lowest BCUT2D eigenvalue weighted by Crippen LogP contribution is -2.23. The van der Waals surface area contributed by atoms with Crippen LogP contribution in [0.25, 0.3) is 0 Å². The van der Waals surface area contributed by atoms with E-state index in [0.717, 1.165) is 6.66 Å². The van der Waals surface area contributed by atoms with Crippen molar-refractivity contribution in [3.8, 4) is 0 Å². The molecule has 0 radical (unpaired) electrons. The molecule has 6 unspecified atom stereocenters. The highest BCUT2D eigenvalue weighted by Crippen LogP contribution is 2.48. The summed E-state index contributed by atoms with van der Waals surface area (Å²) in [6.45, 7) is -0.805. The Bertz CT molecular complexity index is 1610. The predicted molar refractivity (Wildman–Crippen MR) is 218 cm³/mol. The van der Waals surface area contributed by atoms with Gasteiger partial charge in [0.2, 0.25) is 0 Å². The summed E-state index contributed by atoms with van der Waals surface area (Å²) in [6, 6.07) is 0. The lowest BCUT2D eigenvalue weighted by atomic mass is 10.3. The topological polar surface area (TPSA) is 496 Å². The highest BCUT2D eigenvalue weighted by atomic mass is 31.2. The molecule has 0 heterocycles. The van der Waals surface area contributed by atoms with Crippen molar-refractivity contribution in [3.63, 3.8) is 0 Å². The largest absolute Gasteiger partial charge is 0.527 e. The van der Waals surface area contributed by atoms with Crippen LogP contribution in [0, 0.1) is 0 Å². The molecule has 0 saturated carbocycles. The molecule has 7 N–H and O–H groups in total. The number of phosphoric acid groups is 4. The summed E-state index contributed by atoms with van der Waals surface area (Å²) in [6.07, 6.45) is 0.543. The number of hydrogen-bond acceptors (Lipinski definition) is 37. The molecule has 0 aliphatic heterocycles.